The van der Waals surface area contributed by atoms with E-state index < -0.39 is 0 Å². The number of aldehydes is 1. The van der Waals surface area contributed by atoms with Gasteiger partial charge in [-0.25, -0.2) is 0 Å². The van der Waals surface area contributed by atoms with Crippen molar-refractivity contribution in [3.63, 3.8) is 0 Å². The Balaban J connectivity index is 0. The molecule has 0 fully saturated rings. The van der Waals surface area contributed by atoms with E-state index in [2.05, 4.69) is 42.5 Å². The fourth-order valence-corrected chi connectivity index (χ4v) is 2.35. The van der Waals surface area contributed by atoms with Crippen LogP contribution >= 0.6 is 0 Å². The zero-order valence-electron chi connectivity index (χ0n) is 17.3. The van der Waals surface area contributed by atoms with Gasteiger partial charge in [0.2, 0.25) is 0 Å². The SMILES string of the molecule is CCC(=O)OC.CNCC(=O)OC.Cc1cc(C=O)cc(C)c1C(C)C. The predicted octanol–water partition coefficient (Wildman–Crippen LogP) is 3.19. The molecule has 0 atom stereocenters. The first-order chi connectivity index (χ1) is 12.2. The Morgan fingerprint density at radius 3 is 1.73 bits per heavy atom. The number of aryl methyl sites for hydroxylation is 2. The van der Waals surface area contributed by atoms with Gasteiger partial charge < -0.3 is 14.8 Å². The van der Waals surface area contributed by atoms with E-state index in [9.17, 15) is 14.4 Å². The van der Waals surface area contributed by atoms with Crippen LogP contribution in [0.2, 0.25) is 0 Å². The summed E-state index contributed by atoms with van der Waals surface area (Å²) in [6.07, 6.45) is 1.38. The van der Waals surface area contributed by atoms with Gasteiger partial charge in [-0.05, 0) is 55.6 Å². The van der Waals surface area contributed by atoms with Gasteiger partial charge >= 0.3 is 11.9 Å². The molecule has 148 valence electrons. The number of likely N-dealkylation sites (N-methyl/N-ethyl adjacent to an activating group) is 1. The Morgan fingerprint density at radius 2 is 1.54 bits per heavy atom. The lowest BCUT2D eigenvalue weighted by Gasteiger charge is -2.13. The van der Waals surface area contributed by atoms with Crippen LogP contribution in [0.3, 0.4) is 0 Å². The molecule has 0 aliphatic carbocycles. The monoisotopic (exact) mass is 367 g/mol. The predicted molar refractivity (Wildman–Crippen MR) is 104 cm³/mol. The summed E-state index contributed by atoms with van der Waals surface area (Å²) in [7, 11) is 4.43. The van der Waals surface area contributed by atoms with Crippen molar-refractivity contribution in [1.29, 1.82) is 0 Å². The zero-order chi connectivity index (χ0) is 20.7. The second kappa shape index (κ2) is 15.1. The van der Waals surface area contributed by atoms with Crippen molar-refractivity contribution < 1.29 is 23.9 Å². The summed E-state index contributed by atoms with van der Waals surface area (Å²) in [5.41, 5.74) is 4.58. The molecular formula is C20H33NO5. The Labute approximate surface area is 157 Å². The number of hydrogen-bond donors (Lipinski definition) is 1. The number of benzene rings is 1. The number of esters is 2. The van der Waals surface area contributed by atoms with Gasteiger partial charge in [-0.1, -0.05) is 20.8 Å². The molecule has 6 heteroatoms. The summed E-state index contributed by atoms with van der Waals surface area (Å²) in [5, 5.41) is 2.64. The summed E-state index contributed by atoms with van der Waals surface area (Å²) < 4.78 is 8.55. The fourth-order valence-electron chi connectivity index (χ4n) is 2.35. The molecule has 1 aromatic rings. The smallest absolute Gasteiger partial charge is 0.319 e. The third-order valence-corrected chi connectivity index (χ3v) is 3.39. The first-order valence-corrected chi connectivity index (χ1v) is 8.52. The van der Waals surface area contributed by atoms with Crippen LogP contribution in [-0.4, -0.2) is 46.0 Å². The van der Waals surface area contributed by atoms with Crippen LogP contribution < -0.4 is 5.32 Å². The van der Waals surface area contributed by atoms with E-state index in [1.54, 1.807) is 14.0 Å². The molecular weight excluding hydrogens is 334 g/mol. The molecule has 0 heterocycles. The number of rotatable bonds is 5. The molecule has 1 aromatic carbocycles. The minimum absolute atomic E-state index is 0.157. The first kappa shape index (κ1) is 26.0. The maximum Gasteiger partial charge on any atom is 0.319 e. The van der Waals surface area contributed by atoms with E-state index in [-0.39, 0.29) is 18.5 Å². The molecule has 0 amide bonds. The molecule has 0 aromatic heterocycles. The highest BCUT2D eigenvalue weighted by Gasteiger charge is 2.07. The van der Waals surface area contributed by atoms with Crippen molar-refractivity contribution >= 4 is 18.2 Å². The largest absolute Gasteiger partial charge is 0.469 e. The molecule has 1 rings (SSSR count). The minimum Gasteiger partial charge on any atom is -0.469 e. The topological polar surface area (TPSA) is 81.7 Å². The van der Waals surface area contributed by atoms with Crippen LogP contribution in [0.15, 0.2) is 12.1 Å². The number of hydrogen-bond acceptors (Lipinski definition) is 6. The Bertz CT molecular complexity index is 538. The number of carbonyl (C=O) groups is 3. The van der Waals surface area contributed by atoms with Gasteiger partial charge in [0.25, 0.3) is 0 Å². The van der Waals surface area contributed by atoms with Crippen molar-refractivity contribution in [2.45, 2.75) is 47.0 Å². The molecule has 0 bridgehead atoms. The molecule has 0 radical (unpaired) electrons. The summed E-state index contributed by atoms with van der Waals surface area (Å²) in [6.45, 7) is 10.5. The van der Waals surface area contributed by atoms with Crippen molar-refractivity contribution in [2.75, 3.05) is 27.8 Å². The average Bonchev–Trinajstić information content (AvgIpc) is 2.61. The maximum atomic E-state index is 10.6. The second-order valence-corrected chi connectivity index (χ2v) is 5.88. The summed E-state index contributed by atoms with van der Waals surface area (Å²) >= 11 is 0. The summed E-state index contributed by atoms with van der Waals surface area (Å²) in [5.74, 6) is 0.137. The van der Waals surface area contributed by atoms with E-state index in [1.165, 1.54) is 30.9 Å². The van der Waals surface area contributed by atoms with Gasteiger partial charge in [0.1, 0.15) is 6.29 Å². The van der Waals surface area contributed by atoms with Crippen LogP contribution in [0.1, 0.15) is 60.2 Å². The Kier molecular flexibility index (Phi) is 15.1. The van der Waals surface area contributed by atoms with E-state index in [1.807, 2.05) is 12.1 Å². The summed E-state index contributed by atoms with van der Waals surface area (Å²) in [6, 6.07) is 3.91. The standard InChI is InChI=1S/C12H16O.C4H9NO2.C4H8O2/c1-8(2)12-9(3)5-11(7-13)6-10(12)4;1-5-3-4(6)7-2;1-3-4(5)6-2/h5-8H,1-4H3;5H,3H2,1-2H3;3H2,1-2H3. The molecule has 0 unspecified atom stereocenters. The van der Waals surface area contributed by atoms with Gasteiger partial charge in [0, 0.05) is 12.0 Å². The maximum absolute atomic E-state index is 10.6. The number of nitrogens with one attached hydrogen (secondary N) is 1. The highest BCUT2D eigenvalue weighted by molar-refractivity contribution is 5.76. The van der Waals surface area contributed by atoms with Gasteiger partial charge in [-0.3, -0.25) is 14.4 Å². The second-order valence-electron chi connectivity index (χ2n) is 5.88. The summed E-state index contributed by atoms with van der Waals surface area (Å²) in [4.78, 5) is 30.7. The van der Waals surface area contributed by atoms with E-state index in [4.69, 9.17) is 0 Å². The molecule has 0 saturated heterocycles. The third kappa shape index (κ3) is 11.4. The first-order valence-electron chi connectivity index (χ1n) is 8.52. The van der Waals surface area contributed by atoms with Gasteiger partial charge in [-0.2, -0.15) is 0 Å². The van der Waals surface area contributed by atoms with E-state index in [0.717, 1.165) is 11.8 Å². The number of carbonyl (C=O) groups excluding carboxylic acids is 3. The van der Waals surface area contributed by atoms with Crippen LogP contribution in [0, 0.1) is 13.8 Å². The fraction of sp³-hybridized carbons (Fsp3) is 0.550. The van der Waals surface area contributed by atoms with Crippen molar-refractivity contribution in [2.24, 2.45) is 0 Å². The lowest BCUT2D eigenvalue weighted by molar-refractivity contribution is -0.140. The molecule has 0 aliphatic rings. The van der Waals surface area contributed by atoms with E-state index in [0.29, 0.717) is 12.3 Å². The Hall–Kier alpha value is -2.21. The van der Waals surface area contributed by atoms with Crippen molar-refractivity contribution in [3.05, 3.63) is 34.4 Å². The van der Waals surface area contributed by atoms with Crippen LogP contribution in [0.5, 0.6) is 0 Å². The van der Waals surface area contributed by atoms with Crippen LogP contribution in [0.4, 0.5) is 0 Å². The minimum atomic E-state index is -0.234. The molecule has 6 nitrogen and oxygen atoms in total. The highest BCUT2D eigenvalue weighted by atomic mass is 16.5. The normalized spacial score (nSPS) is 9.27. The molecule has 26 heavy (non-hydrogen) atoms. The molecule has 0 spiro atoms. The lowest BCUT2D eigenvalue weighted by Crippen LogP contribution is -2.19. The van der Waals surface area contributed by atoms with Gasteiger partial charge in [0.15, 0.2) is 0 Å². The number of methoxy groups -OCH3 is 2. The lowest BCUT2D eigenvalue weighted by atomic mass is 9.92. The van der Waals surface area contributed by atoms with Gasteiger partial charge in [0.05, 0.1) is 20.8 Å². The van der Waals surface area contributed by atoms with Gasteiger partial charge in [-0.15, -0.1) is 0 Å². The van der Waals surface area contributed by atoms with Crippen LogP contribution in [-0.2, 0) is 19.1 Å². The molecule has 0 saturated carbocycles. The zero-order valence-corrected chi connectivity index (χ0v) is 17.3. The van der Waals surface area contributed by atoms with Crippen molar-refractivity contribution in [3.8, 4) is 0 Å². The average molecular weight is 367 g/mol. The molecule has 1 N–H and O–H groups in total. The number of ether oxygens (including phenoxy) is 2. The van der Waals surface area contributed by atoms with Crippen molar-refractivity contribution in [1.82, 2.24) is 5.32 Å². The van der Waals surface area contributed by atoms with E-state index >= 15 is 0 Å². The third-order valence-electron chi connectivity index (χ3n) is 3.39. The Morgan fingerprint density at radius 1 is 1.08 bits per heavy atom. The molecule has 0 aliphatic heterocycles. The van der Waals surface area contributed by atoms with Crippen LogP contribution in [0.25, 0.3) is 0 Å². The quantitative estimate of drug-likeness (QED) is 0.636. The highest BCUT2D eigenvalue weighted by Crippen LogP contribution is 2.23.